The number of aromatic nitrogens is 2. The van der Waals surface area contributed by atoms with Gasteiger partial charge in [0.05, 0.1) is 12.6 Å². The normalized spacial score (nSPS) is 10.7. The maximum atomic E-state index is 12.1. The zero-order valence-corrected chi connectivity index (χ0v) is 14.0. The Labute approximate surface area is 142 Å². The molecule has 2 N–H and O–H groups in total. The number of rotatable bonds is 6. The summed E-state index contributed by atoms with van der Waals surface area (Å²) in [5, 5.41) is 12.2. The number of methoxy groups -OCH3 is 1. The van der Waals surface area contributed by atoms with Gasteiger partial charge >= 0.3 is 5.97 Å². The Balaban J connectivity index is 1.63. The Kier molecular flexibility index (Phi) is 4.90. The molecular formula is C17H17N3O3S. The fourth-order valence-corrected chi connectivity index (χ4v) is 3.20. The molecule has 0 atom stereocenters. The highest BCUT2D eigenvalue weighted by Crippen LogP contribution is 2.21. The molecule has 0 spiro atoms. The number of benzene rings is 1. The predicted octanol–water partition coefficient (Wildman–Crippen LogP) is 3.37. The molecule has 0 saturated heterocycles. The SMILES string of the molecule is COC(=O)c1n[nH]c2ccc(NC(=O)CCCc3cccs3)cc12. The highest BCUT2D eigenvalue weighted by molar-refractivity contribution is 7.09. The van der Waals surface area contributed by atoms with Crippen molar-refractivity contribution in [3.63, 3.8) is 0 Å². The smallest absolute Gasteiger partial charge is 0.359 e. The minimum atomic E-state index is -0.513. The molecule has 7 heteroatoms. The molecule has 0 unspecified atom stereocenters. The maximum Gasteiger partial charge on any atom is 0.359 e. The molecule has 0 aliphatic rings. The number of esters is 1. The summed E-state index contributed by atoms with van der Waals surface area (Å²) in [6, 6.07) is 9.36. The number of ether oxygens (including phenoxy) is 1. The molecule has 3 aromatic rings. The summed E-state index contributed by atoms with van der Waals surface area (Å²) >= 11 is 1.70. The summed E-state index contributed by atoms with van der Waals surface area (Å²) in [6.07, 6.45) is 2.15. The summed E-state index contributed by atoms with van der Waals surface area (Å²) in [5.41, 5.74) is 1.56. The van der Waals surface area contributed by atoms with Crippen LogP contribution in [0.4, 0.5) is 5.69 Å². The molecule has 0 bridgehead atoms. The van der Waals surface area contributed by atoms with Crippen LogP contribution < -0.4 is 5.32 Å². The zero-order chi connectivity index (χ0) is 16.9. The van der Waals surface area contributed by atoms with Gasteiger partial charge in [0.25, 0.3) is 0 Å². The molecule has 124 valence electrons. The number of amides is 1. The number of carbonyl (C=O) groups is 2. The monoisotopic (exact) mass is 343 g/mol. The number of fused-ring (bicyclic) bond motifs is 1. The number of nitrogens with zero attached hydrogens (tertiary/aromatic N) is 1. The Hall–Kier alpha value is -2.67. The predicted molar refractivity (Wildman–Crippen MR) is 93.3 cm³/mol. The maximum absolute atomic E-state index is 12.1. The summed E-state index contributed by atoms with van der Waals surface area (Å²) in [7, 11) is 1.31. The lowest BCUT2D eigenvalue weighted by Crippen LogP contribution is -2.11. The van der Waals surface area contributed by atoms with Crippen molar-refractivity contribution in [1.82, 2.24) is 10.2 Å². The molecule has 0 radical (unpaired) electrons. The molecule has 2 aromatic heterocycles. The zero-order valence-electron chi connectivity index (χ0n) is 13.2. The highest BCUT2D eigenvalue weighted by atomic mass is 32.1. The number of H-pyrrole nitrogens is 1. The largest absolute Gasteiger partial charge is 0.464 e. The second kappa shape index (κ2) is 7.27. The van der Waals surface area contributed by atoms with Gasteiger partial charge in [-0.05, 0) is 42.5 Å². The number of thiophene rings is 1. The Morgan fingerprint density at radius 1 is 1.33 bits per heavy atom. The third-order valence-electron chi connectivity index (χ3n) is 3.63. The van der Waals surface area contributed by atoms with E-state index in [1.54, 1.807) is 29.5 Å². The number of anilines is 1. The van der Waals surface area contributed by atoms with Gasteiger partial charge in [-0.1, -0.05) is 6.07 Å². The molecule has 0 aliphatic heterocycles. The highest BCUT2D eigenvalue weighted by Gasteiger charge is 2.15. The Bertz CT molecular complexity index is 855. The van der Waals surface area contributed by atoms with E-state index in [2.05, 4.69) is 21.6 Å². The fourth-order valence-electron chi connectivity index (χ4n) is 2.45. The molecule has 3 rings (SSSR count). The fraction of sp³-hybridized carbons (Fsp3) is 0.235. The second-order valence-electron chi connectivity index (χ2n) is 5.31. The molecule has 0 aliphatic carbocycles. The quantitative estimate of drug-likeness (QED) is 0.672. The number of nitrogens with one attached hydrogen (secondary N) is 2. The number of hydrogen-bond acceptors (Lipinski definition) is 5. The van der Waals surface area contributed by atoms with Crippen LogP contribution in [0.15, 0.2) is 35.7 Å². The lowest BCUT2D eigenvalue weighted by molar-refractivity contribution is -0.116. The molecule has 0 fully saturated rings. The van der Waals surface area contributed by atoms with Gasteiger partial charge in [0.2, 0.25) is 5.91 Å². The lowest BCUT2D eigenvalue weighted by Gasteiger charge is -2.05. The van der Waals surface area contributed by atoms with E-state index in [1.807, 2.05) is 11.4 Å². The lowest BCUT2D eigenvalue weighted by atomic mass is 10.1. The topological polar surface area (TPSA) is 84.1 Å². The third kappa shape index (κ3) is 3.62. The van der Waals surface area contributed by atoms with E-state index in [0.717, 1.165) is 12.8 Å². The van der Waals surface area contributed by atoms with Crippen LogP contribution in [-0.4, -0.2) is 29.2 Å². The Morgan fingerprint density at radius 3 is 2.96 bits per heavy atom. The van der Waals surface area contributed by atoms with Crippen molar-refractivity contribution in [1.29, 1.82) is 0 Å². The van der Waals surface area contributed by atoms with E-state index in [9.17, 15) is 9.59 Å². The van der Waals surface area contributed by atoms with Crippen LogP contribution in [0.3, 0.4) is 0 Å². The van der Waals surface area contributed by atoms with Crippen LogP contribution >= 0.6 is 11.3 Å². The first-order valence-corrected chi connectivity index (χ1v) is 8.44. The average Bonchev–Trinajstić information content (AvgIpc) is 3.23. The van der Waals surface area contributed by atoms with E-state index in [-0.39, 0.29) is 11.6 Å². The van der Waals surface area contributed by atoms with Gasteiger partial charge in [0, 0.05) is 22.4 Å². The van der Waals surface area contributed by atoms with Gasteiger partial charge in [-0.15, -0.1) is 11.3 Å². The first-order valence-electron chi connectivity index (χ1n) is 7.56. The van der Waals surface area contributed by atoms with E-state index in [0.29, 0.717) is 23.0 Å². The Morgan fingerprint density at radius 2 is 2.21 bits per heavy atom. The minimum absolute atomic E-state index is 0.0472. The van der Waals surface area contributed by atoms with Gasteiger partial charge in [-0.3, -0.25) is 9.89 Å². The standard InChI is InChI=1S/C17H17N3O3S/c1-23-17(22)16-13-10-11(7-8-14(13)19-20-16)18-15(21)6-2-4-12-5-3-9-24-12/h3,5,7-10H,2,4,6H2,1H3,(H,18,21)(H,19,20). The van der Waals surface area contributed by atoms with Gasteiger partial charge in [0.15, 0.2) is 5.69 Å². The van der Waals surface area contributed by atoms with Crippen LogP contribution in [0.25, 0.3) is 10.9 Å². The molecule has 2 heterocycles. The van der Waals surface area contributed by atoms with Crippen LogP contribution in [-0.2, 0) is 16.0 Å². The van der Waals surface area contributed by atoms with Crippen molar-refractivity contribution >= 4 is 39.8 Å². The van der Waals surface area contributed by atoms with Crippen molar-refractivity contribution in [2.75, 3.05) is 12.4 Å². The van der Waals surface area contributed by atoms with Crippen molar-refractivity contribution in [2.45, 2.75) is 19.3 Å². The van der Waals surface area contributed by atoms with Crippen molar-refractivity contribution < 1.29 is 14.3 Å². The van der Waals surface area contributed by atoms with Gasteiger partial charge in [-0.2, -0.15) is 5.10 Å². The number of carbonyl (C=O) groups excluding carboxylic acids is 2. The van der Waals surface area contributed by atoms with Crippen LogP contribution in [0.5, 0.6) is 0 Å². The first kappa shape index (κ1) is 16.2. The van der Waals surface area contributed by atoms with Gasteiger partial charge in [0.1, 0.15) is 0 Å². The van der Waals surface area contributed by atoms with Crippen LogP contribution in [0.2, 0.25) is 0 Å². The number of aromatic amines is 1. The van der Waals surface area contributed by atoms with E-state index in [1.165, 1.54) is 12.0 Å². The van der Waals surface area contributed by atoms with Gasteiger partial charge in [-0.25, -0.2) is 4.79 Å². The molecule has 0 saturated carbocycles. The number of hydrogen-bond donors (Lipinski definition) is 2. The van der Waals surface area contributed by atoms with E-state index in [4.69, 9.17) is 4.74 Å². The summed E-state index contributed by atoms with van der Waals surface area (Å²) in [5.74, 6) is -0.560. The molecular weight excluding hydrogens is 326 g/mol. The van der Waals surface area contributed by atoms with Gasteiger partial charge < -0.3 is 10.1 Å². The molecule has 1 amide bonds. The van der Waals surface area contributed by atoms with Crippen molar-refractivity contribution in [3.05, 3.63) is 46.3 Å². The van der Waals surface area contributed by atoms with Crippen LogP contribution in [0, 0.1) is 0 Å². The van der Waals surface area contributed by atoms with Crippen molar-refractivity contribution in [3.8, 4) is 0 Å². The van der Waals surface area contributed by atoms with Crippen molar-refractivity contribution in [2.24, 2.45) is 0 Å². The first-order chi connectivity index (χ1) is 11.7. The van der Waals surface area contributed by atoms with Crippen LogP contribution in [0.1, 0.15) is 28.2 Å². The molecule has 1 aromatic carbocycles. The molecule has 24 heavy (non-hydrogen) atoms. The van der Waals surface area contributed by atoms with E-state index >= 15 is 0 Å². The number of aryl methyl sites for hydroxylation is 1. The second-order valence-corrected chi connectivity index (χ2v) is 6.34. The third-order valence-corrected chi connectivity index (χ3v) is 4.57. The average molecular weight is 343 g/mol. The minimum Gasteiger partial charge on any atom is -0.464 e. The molecule has 6 nitrogen and oxygen atoms in total. The summed E-state index contributed by atoms with van der Waals surface area (Å²) in [4.78, 5) is 25.0. The summed E-state index contributed by atoms with van der Waals surface area (Å²) < 4.78 is 4.70. The summed E-state index contributed by atoms with van der Waals surface area (Å²) in [6.45, 7) is 0. The van der Waals surface area contributed by atoms with E-state index < -0.39 is 5.97 Å².